The lowest BCUT2D eigenvalue weighted by atomic mass is 10.1. The Morgan fingerprint density at radius 3 is 2.62 bits per heavy atom. The van der Waals surface area contributed by atoms with Gasteiger partial charge in [0.05, 0.1) is 24.8 Å². The van der Waals surface area contributed by atoms with E-state index in [0.29, 0.717) is 23.2 Å². The molecule has 24 heavy (non-hydrogen) atoms. The van der Waals surface area contributed by atoms with E-state index in [1.165, 1.54) is 14.2 Å². The van der Waals surface area contributed by atoms with Gasteiger partial charge >= 0.3 is 0 Å². The quantitative estimate of drug-likeness (QED) is 0.869. The third-order valence-corrected chi connectivity index (χ3v) is 5.33. The number of fused-ring (bicyclic) bond motifs is 1. The number of rotatable bonds is 5. The van der Waals surface area contributed by atoms with Crippen LogP contribution in [0, 0.1) is 0 Å². The van der Waals surface area contributed by atoms with Crippen molar-refractivity contribution in [3.63, 3.8) is 0 Å². The Morgan fingerprint density at radius 1 is 1.12 bits per heavy atom. The third-order valence-electron chi connectivity index (χ3n) is 3.97. The molecule has 0 radical (unpaired) electrons. The number of anilines is 2. The molecule has 0 fully saturated rings. The van der Waals surface area contributed by atoms with Gasteiger partial charge in [-0.25, -0.2) is 8.42 Å². The zero-order chi connectivity index (χ0) is 17.3. The number of benzene rings is 2. The van der Waals surface area contributed by atoms with Crippen molar-refractivity contribution in [1.29, 1.82) is 0 Å². The minimum absolute atomic E-state index is 0.224. The number of sulfonamides is 1. The number of nitrogens with one attached hydrogen (secondary N) is 2. The summed E-state index contributed by atoms with van der Waals surface area (Å²) in [5.41, 5.74) is 2.33. The largest absolute Gasteiger partial charge is 0.497 e. The van der Waals surface area contributed by atoms with Gasteiger partial charge in [0.25, 0.3) is 10.0 Å². The first kappa shape index (κ1) is 16.4. The highest BCUT2D eigenvalue weighted by Crippen LogP contribution is 2.32. The fourth-order valence-corrected chi connectivity index (χ4v) is 3.90. The normalized spacial score (nSPS) is 16.2. The van der Waals surface area contributed by atoms with Crippen LogP contribution in [0.3, 0.4) is 0 Å². The summed E-state index contributed by atoms with van der Waals surface area (Å²) in [7, 11) is -0.713. The molecule has 1 heterocycles. The molecule has 6 nitrogen and oxygen atoms in total. The van der Waals surface area contributed by atoms with Crippen molar-refractivity contribution in [3.8, 4) is 11.5 Å². The first-order valence-corrected chi connectivity index (χ1v) is 9.05. The average molecular weight is 348 g/mol. The molecule has 0 aliphatic carbocycles. The van der Waals surface area contributed by atoms with Crippen LogP contribution in [0.5, 0.6) is 11.5 Å². The highest BCUT2D eigenvalue weighted by molar-refractivity contribution is 7.92. The van der Waals surface area contributed by atoms with E-state index in [4.69, 9.17) is 9.47 Å². The van der Waals surface area contributed by atoms with E-state index >= 15 is 0 Å². The summed E-state index contributed by atoms with van der Waals surface area (Å²) in [5, 5.41) is 3.31. The van der Waals surface area contributed by atoms with E-state index < -0.39 is 10.0 Å². The first-order valence-electron chi connectivity index (χ1n) is 7.57. The minimum Gasteiger partial charge on any atom is -0.497 e. The monoisotopic (exact) mass is 348 g/mol. The van der Waals surface area contributed by atoms with Crippen LogP contribution in [0.4, 0.5) is 11.4 Å². The molecule has 0 saturated heterocycles. The molecule has 0 aromatic heterocycles. The Morgan fingerprint density at radius 2 is 1.92 bits per heavy atom. The van der Waals surface area contributed by atoms with Crippen molar-refractivity contribution < 1.29 is 17.9 Å². The van der Waals surface area contributed by atoms with Crippen molar-refractivity contribution in [2.24, 2.45) is 0 Å². The number of hydrogen-bond donors (Lipinski definition) is 2. The fourth-order valence-electron chi connectivity index (χ4n) is 2.79. The zero-order valence-corrected chi connectivity index (χ0v) is 14.6. The molecule has 2 aromatic rings. The Kier molecular flexibility index (Phi) is 4.28. The molecule has 1 atom stereocenters. The molecular formula is C17H20N2O4S. The van der Waals surface area contributed by atoms with Crippen molar-refractivity contribution in [1.82, 2.24) is 0 Å². The smallest absolute Gasteiger partial charge is 0.262 e. The van der Waals surface area contributed by atoms with Gasteiger partial charge in [0.1, 0.15) is 11.5 Å². The Bertz CT molecular complexity index is 865. The summed E-state index contributed by atoms with van der Waals surface area (Å²) in [6.07, 6.45) is 0.807. The summed E-state index contributed by atoms with van der Waals surface area (Å²) in [6, 6.07) is 10.4. The average Bonchev–Trinajstić information content (AvgIpc) is 2.93. The van der Waals surface area contributed by atoms with Gasteiger partial charge in [-0.2, -0.15) is 0 Å². The predicted molar refractivity (Wildman–Crippen MR) is 93.6 cm³/mol. The topological polar surface area (TPSA) is 76.7 Å². The van der Waals surface area contributed by atoms with E-state index in [1.54, 1.807) is 36.4 Å². The second-order valence-electron chi connectivity index (χ2n) is 5.74. The molecule has 2 N–H and O–H groups in total. The molecule has 0 bridgehead atoms. The molecule has 1 aliphatic heterocycles. The molecule has 0 spiro atoms. The van der Waals surface area contributed by atoms with E-state index in [1.807, 2.05) is 0 Å². The Balaban J connectivity index is 1.94. The van der Waals surface area contributed by atoms with Crippen LogP contribution >= 0.6 is 0 Å². The molecule has 128 valence electrons. The van der Waals surface area contributed by atoms with Crippen LogP contribution in [-0.4, -0.2) is 28.7 Å². The van der Waals surface area contributed by atoms with Gasteiger partial charge in [0.15, 0.2) is 0 Å². The van der Waals surface area contributed by atoms with Crippen LogP contribution in [0.1, 0.15) is 12.5 Å². The fraction of sp³-hybridized carbons (Fsp3) is 0.294. The summed E-state index contributed by atoms with van der Waals surface area (Å²) in [6.45, 7) is 2.06. The Hall–Kier alpha value is -2.41. The highest BCUT2D eigenvalue weighted by Gasteiger charge is 2.22. The third kappa shape index (κ3) is 3.12. The molecule has 1 unspecified atom stereocenters. The van der Waals surface area contributed by atoms with Crippen molar-refractivity contribution in [2.75, 3.05) is 24.3 Å². The predicted octanol–water partition coefficient (Wildman–Crippen LogP) is 2.86. The Labute approximate surface area is 141 Å². The van der Waals surface area contributed by atoms with Gasteiger partial charge in [-0.3, -0.25) is 4.72 Å². The van der Waals surface area contributed by atoms with Crippen LogP contribution < -0.4 is 19.5 Å². The van der Waals surface area contributed by atoms with Gasteiger partial charge in [-0.05, 0) is 49.2 Å². The van der Waals surface area contributed by atoms with Gasteiger partial charge in [-0.15, -0.1) is 0 Å². The molecular weight excluding hydrogens is 328 g/mol. The molecule has 2 aromatic carbocycles. The zero-order valence-electron chi connectivity index (χ0n) is 13.8. The highest BCUT2D eigenvalue weighted by atomic mass is 32.2. The molecule has 0 amide bonds. The second-order valence-corrected chi connectivity index (χ2v) is 7.42. The minimum atomic E-state index is -3.72. The lowest BCUT2D eigenvalue weighted by Gasteiger charge is -2.13. The molecule has 3 rings (SSSR count). The van der Waals surface area contributed by atoms with Gasteiger partial charge in [-0.1, -0.05) is 0 Å². The molecule has 7 heteroatoms. The summed E-state index contributed by atoms with van der Waals surface area (Å²) in [5.74, 6) is 0.969. The van der Waals surface area contributed by atoms with Crippen LogP contribution in [0.15, 0.2) is 41.3 Å². The number of methoxy groups -OCH3 is 2. The van der Waals surface area contributed by atoms with Crippen LogP contribution in [0.2, 0.25) is 0 Å². The lowest BCUT2D eigenvalue weighted by Crippen LogP contribution is -2.14. The van der Waals surface area contributed by atoms with E-state index in [-0.39, 0.29) is 4.90 Å². The number of ether oxygens (including phenoxy) is 2. The molecule has 1 aliphatic rings. The van der Waals surface area contributed by atoms with Crippen LogP contribution in [0.25, 0.3) is 0 Å². The first-order chi connectivity index (χ1) is 11.4. The summed E-state index contributed by atoms with van der Waals surface area (Å²) in [4.78, 5) is 0.224. The summed E-state index contributed by atoms with van der Waals surface area (Å²) >= 11 is 0. The van der Waals surface area contributed by atoms with Crippen molar-refractivity contribution in [2.45, 2.75) is 24.3 Å². The SMILES string of the molecule is COc1ccc(OC)c(NS(=O)(=O)c2ccc3c(c2)CC(C)N3)c1. The number of hydrogen-bond acceptors (Lipinski definition) is 5. The van der Waals surface area contributed by atoms with E-state index in [0.717, 1.165) is 17.7 Å². The summed E-state index contributed by atoms with van der Waals surface area (Å²) < 4.78 is 38.4. The van der Waals surface area contributed by atoms with Crippen molar-refractivity contribution in [3.05, 3.63) is 42.0 Å². The van der Waals surface area contributed by atoms with Crippen molar-refractivity contribution >= 4 is 21.4 Å². The van der Waals surface area contributed by atoms with E-state index in [2.05, 4.69) is 17.0 Å². The van der Waals surface area contributed by atoms with Gasteiger partial charge < -0.3 is 14.8 Å². The molecule has 0 saturated carbocycles. The maximum absolute atomic E-state index is 12.7. The second kappa shape index (κ2) is 6.24. The van der Waals surface area contributed by atoms with Crippen LogP contribution in [-0.2, 0) is 16.4 Å². The van der Waals surface area contributed by atoms with E-state index in [9.17, 15) is 8.42 Å². The van der Waals surface area contributed by atoms with Gasteiger partial charge in [0.2, 0.25) is 0 Å². The lowest BCUT2D eigenvalue weighted by molar-refractivity contribution is 0.405. The maximum atomic E-state index is 12.7. The van der Waals surface area contributed by atoms with Gasteiger partial charge in [0, 0.05) is 17.8 Å². The standard InChI is InChI=1S/C17H20N2O4S/c1-11-8-12-9-14(5-6-15(12)18-11)24(20,21)19-16-10-13(22-2)4-7-17(16)23-3/h4-7,9-11,18-19H,8H2,1-3H3. The maximum Gasteiger partial charge on any atom is 0.262 e.